The number of rotatable bonds is 6. The second-order valence-corrected chi connectivity index (χ2v) is 8.42. The summed E-state index contributed by atoms with van der Waals surface area (Å²) in [6.45, 7) is 3.61. The SMILES string of the molecule is CCOc1cccc(NC(=O)c2cc(S(=O)(=O)N3CCOCC3)ccc2Cl)c1. The van der Waals surface area contributed by atoms with E-state index in [0.29, 0.717) is 31.3 Å². The zero-order valence-electron chi connectivity index (χ0n) is 15.4. The molecule has 0 saturated carbocycles. The molecule has 2 aromatic rings. The van der Waals surface area contributed by atoms with E-state index in [9.17, 15) is 13.2 Å². The number of carbonyl (C=O) groups is 1. The minimum Gasteiger partial charge on any atom is -0.494 e. The van der Waals surface area contributed by atoms with E-state index >= 15 is 0 Å². The van der Waals surface area contributed by atoms with Gasteiger partial charge in [-0.2, -0.15) is 4.31 Å². The van der Waals surface area contributed by atoms with Crippen LogP contribution in [0.4, 0.5) is 5.69 Å². The number of ether oxygens (including phenoxy) is 2. The number of morpholine rings is 1. The third-order valence-electron chi connectivity index (χ3n) is 4.19. The van der Waals surface area contributed by atoms with Gasteiger partial charge in [-0.3, -0.25) is 4.79 Å². The van der Waals surface area contributed by atoms with Crippen LogP contribution in [0.5, 0.6) is 5.75 Å². The normalized spacial score (nSPS) is 15.2. The predicted molar refractivity (Wildman–Crippen MR) is 107 cm³/mol. The fourth-order valence-electron chi connectivity index (χ4n) is 2.80. The van der Waals surface area contributed by atoms with Gasteiger partial charge in [-0.25, -0.2) is 8.42 Å². The Morgan fingerprint density at radius 2 is 1.96 bits per heavy atom. The Morgan fingerprint density at radius 1 is 1.21 bits per heavy atom. The molecule has 0 radical (unpaired) electrons. The molecule has 1 heterocycles. The second-order valence-electron chi connectivity index (χ2n) is 6.07. The van der Waals surface area contributed by atoms with Crippen molar-refractivity contribution in [3.05, 3.63) is 53.1 Å². The number of hydrogen-bond donors (Lipinski definition) is 1. The van der Waals surface area contributed by atoms with Crippen LogP contribution in [-0.4, -0.2) is 51.5 Å². The third-order valence-corrected chi connectivity index (χ3v) is 6.42. The summed E-state index contributed by atoms with van der Waals surface area (Å²) in [5.74, 6) is 0.118. The Balaban J connectivity index is 1.84. The van der Waals surface area contributed by atoms with Gasteiger partial charge in [-0.05, 0) is 37.3 Å². The van der Waals surface area contributed by atoms with Crippen molar-refractivity contribution in [3.8, 4) is 5.75 Å². The van der Waals surface area contributed by atoms with Crippen molar-refractivity contribution >= 4 is 33.2 Å². The molecule has 1 N–H and O–H groups in total. The maximum atomic E-state index is 12.8. The van der Waals surface area contributed by atoms with Gasteiger partial charge in [0, 0.05) is 24.8 Å². The smallest absolute Gasteiger partial charge is 0.257 e. The molecule has 1 amide bonds. The Bertz CT molecular complexity index is 959. The molecule has 150 valence electrons. The third kappa shape index (κ3) is 4.64. The number of benzene rings is 2. The van der Waals surface area contributed by atoms with Crippen LogP contribution in [-0.2, 0) is 14.8 Å². The molecule has 3 rings (SSSR count). The van der Waals surface area contributed by atoms with Gasteiger partial charge in [-0.15, -0.1) is 0 Å². The van der Waals surface area contributed by atoms with Crippen molar-refractivity contribution in [2.75, 3.05) is 38.2 Å². The van der Waals surface area contributed by atoms with Gasteiger partial charge in [0.25, 0.3) is 5.91 Å². The number of anilines is 1. The van der Waals surface area contributed by atoms with Crippen LogP contribution in [0.3, 0.4) is 0 Å². The number of carbonyl (C=O) groups excluding carboxylic acids is 1. The maximum absolute atomic E-state index is 12.8. The van der Waals surface area contributed by atoms with Crippen LogP contribution in [0.2, 0.25) is 5.02 Å². The predicted octanol–water partition coefficient (Wildman–Crippen LogP) is 3.01. The fourth-order valence-corrected chi connectivity index (χ4v) is 4.44. The Morgan fingerprint density at radius 3 is 2.68 bits per heavy atom. The minimum atomic E-state index is -3.73. The highest BCUT2D eigenvalue weighted by atomic mass is 35.5. The van der Waals surface area contributed by atoms with E-state index in [4.69, 9.17) is 21.1 Å². The van der Waals surface area contributed by atoms with Gasteiger partial charge >= 0.3 is 0 Å². The summed E-state index contributed by atoms with van der Waals surface area (Å²) >= 11 is 6.16. The topological polar surface area (TPSA) is 84.9 Å². The van der Waals surface area contributed by atoms with E-state index in [1.165, 1.54) is 22.5 Å². The monoisotopic (exact) mass is 424 g/mol. The summed E-state index contributed by atoms with van der Waals surface area (Å²) in [5, 5.41) is 2.89. The highest BCUT2D eigenvalue weighted by molar-refractivity contribution is 7.89. The molecule has 1 saturated heterocycles. The van der Waals surface area contributed by atoms with Crippen molar-refractivity contribution < 1.29 is 22.7 Å². The lowest BCUT2D eigenvalue weighted by molar-refractivity contribution is 0.0730. The molecule has 0 aromatic heterocycles. The first-order valence-corrected chi connectivity index (χ1v) is 10.7. The molecular formula is C19H21ClN2O5S. The van der Waals surface area contributed by atoms with Gasteiger partial charge in [-0.1, -0.05) is 17.7 Å². The first-order valence-electron chi connectivity index (χ1n) is 8.83. The van der Waals surface area contributed by atoms with Crippen LogP contribution < -0.4 is 10.1 Å². The molecule has 0 bridgehead atoms. The molecular weight excluding hydrogens is 404 g/mol. The molecule has 0 aliphatic carbocycles. The second kappa shape index (κ2) is 8.91. The summed E-state index contributed by atoms with van der Waals surface area (Å²) in [6.07, 6.45) is 0. The molecule has 1 fully saturated rings. The molecule has 1 aliphatic rings. The van der Waals surface area contributed by atoms with E-state index in [0.717, 1.165) is 0 Å². The fraction of sp³-hybridized carbons (Fsp3) is 0.316. The average Bonchev–Trinajstić information content (AvgIpc) is 2.69. The number of nitrogens with one attached hydrogen (secondary N) is 1. The van der Waals surface area contributed by atoms with E-state index in [1.54, 1.807) is 24.3 Å². The number of nitrogens with zero attached hydrogens (tertiary/aromatic N) is 1. The Kier molecular flexibility index (Phi) is 6.56. The van der Waals surface area contributed by atoms with E-state index in [1.807, 2.05) is 6.92 Å². The van der Waals surface area contributed by atoms with Gasteiger partial charge in [0.15, 0.2) is 0 Å². The van der Waals surface area contributed by atoms with E-state index in [2.05, 4.69) is 5.32 Å². The molecule has 0 unspecified atom stereocenters. The van der Waals surface area contributed by atoms with Crippen LogP contribution in [0.1, 0.15) is 17.3 Å². The van der Waals surface area contributed by atoms with E-state index in [-0.39, 0.29) is 28.6 Å². The quantitative estimate of drug-likeness (QED) is 0.770. The largest absolute Gasteiger partial charge is 0.494 e. The highest BCUT2D eigenvalue weighted by Gasteiger charge is 2.27. The first-order chi connectivity index (χ1) is 13.4. The lowest BCUT2D eigenvalue weighted by Gasteiger charge is -2.26. The van der Waals surface area contributed by atoms with Crippen LogP contribution >= 0.6 is 11.6 Å². The van der Waals surface area contributed by atoms with Crippen molar-refractivity contribution in [3.63, 3.8) is 0 Å². The Labute approximate surface area is 169 Å². The Hall–Kier alpha value is -2.13. The number of halogens is 1. The number of sulfonamides is 1. The zero-order valence-corrected chi connectivity index (χ0v) is 16.9. The number of hydrogen-bond acceptors (Lipinski definition) is 5. The van der Waals surface area contributed by atoms with E-state index < -0.39 is 15.9 Å². The van der Waals surface area contributed by atoms with Gasteiger partial charge in [0.2, 0.25) is 10.0 Å². The standard InChI is InChI=1S/C19H21ClN2O5S/c1-2-27-15-5-3-4-14(12-15)21-19(23)17-13-16(6-7-18(17)20)28(24,25)22-8-10-26-11-9-22/h3-7,12-13H,2,8-11H2,1H3,(H,21,23). The summed E-state index contributed by atoms with van der Waals surface area (Å²) in [4.78, 5) is 12.7. The van der Waals surface area contributed by atoms with Crippen LogP contribution in [0, 0.1) is 0 Å². The molecule has 28 heavy (non-hydrogen) atoms. The average molecular weight is 425 g/mol. The van der Waals surface area contributed by atoms with Crippen LogP contribution in [0.15, 0.2) is 47.4 Å². The van der Waals surface area contributed by atoms with Crippen LogP contribution in [0.25, 0.3) is 0 Å². The molecule has 0 atom stereocenters. The first kappa shape index (κ1) is 20.6. The van der Waals surface area contributed by atoms with Gasteiger partial charge < -0.3 is 14.8 Å². The van der Waals surface area contributed by atoms with Gasteiger partial charge in [0.1, 0.15) is 5.75 Å². The molecule has 9 heteroatoms. The minimum absolute atomic E-state index is 0.0204. The molecule has 7 nitrogen and oxygen atoms in total. The van der Waals surface area contributed by atoms with Crippen molar-refractivity contribution in [2.45, 2.75) is 11.8 Å². The summed E-state index contributed by atoms with van der Waals surface area (Å²) in [5.41, 5.74) is 0.603. The lowest BCUT2D eigenvalue weighted by atomic mass is 10.2. The lowest BCUT2D eigenvalue weighted by Crippen LogP contribution is -2.40. The summed E-state index contributed by atoms with van der Waals surface area (Å²) in [7, 11) is -3.73. The summed E-state index contributed by atoms with van der Waals surface area (Å²) < 4.78 is 37.6. The molecule has 1 aliphatic heterocycles. The van der Waals surface area contributed by atoms with Gasteiger partial charge in [0.05, 0.1) is 35.3 Å². The molecule has 0 spiro atoms. The summed E-state index contributed by atoms with van der Waals surface area (Å²) in [6, 6.07) is 11.0. The number of amides is 1. The van der Waals surface area contributed by atoms with Crippen molar-refractivity contribution in [1.29, 1.82) is 0 Å². The van der Waals surface area contributed by atoms with Crippen molar-refractivity contribution in [2.24, 2.45) is 0 Å². The maximum Gasteiger partial charge on any atom is 0.257 e. The zero-order chi connectivity index (χ0) is 20.1. The molecule has 2 aromatic carbocycles. The highest BCUT2D eigenvalue weighted by Crippen LogP contribution is 2.25. The van der Waals surface area contributed by atoms with Crippen molar-refractivity contribution in [1.82, 2.24) is 4.31 Å².